The number of hydrogen-bond donors (Lipinski definition) is 2. The Bertz CT molecular complexity index is 1370. The van der Waals surface area contributed by atoms with Gasteiger partial charge in [0.05, 0.1) is 24.7 Å². The van der Waals surface area contributed by atoms with Crippen LogP contribution >= 0.6 is 11.6 Å². The predicted octanol–water partition coefficient (Wildman–Crippen LogP) is 1.14. The quantitative estimate of drug-likeness (QED) is 0.479. The molecule has 216 valence electrons. The van der Waals surface area contributed by atoms with Crippen LogP contribution < -0.4 is 15.8 Å². The van der Waals surface area contributed by atoms with Gasteiger partial charge in [-0.05, 0) is 36.4 Å². The molecule has 16 heteroatoms. The molecule has 0 bridgehead atoms. The summed E-state index contributed by atoms with van der Waals surface area (Å²) in [6, 6.07) is 4.35. The summed E-state index contributed by atoms with van der Waals surface area (Å²) in [6.45, 7) is 0.809. The third-order valence-electron chi connectivity index (χ3n) is 6.28. The first-order valence-electron chi connectivity index (χ1n) is 12.1. The zero-order valence-corrected chi connectivity index (χ0v) is 22.6. The number of nitrogens with one attached hydrogen (secondary N) is 1. The molecule has 0 unspecified atom stereocenters. The molecule has 2 heterocycles. The Hall–Kier alpha value is -3.37. The molecule has 4 amide bonds. The zero-order valence-electron chi connectivity index (χ0n) is 21.0. The van der Waals surface area contributed by atoms with Crippen molar-refractivity contribution < 1.29 is 41.1 Å². The van der Waals surface area contributed by atoms with E-state index in [9.17, 15) is 31.6 Å². The minimum Gasteiger partial charge on any atom is -0.451 e. The minimum absolute atomic E-state index is 0.0441. The molecule has 4 rings (SSSR count). The van der Waals surface area contributed by atoms with Crippen LogP contribution in [-0.4, -0.2) is 98.9 Å². The van der Waals surface area contributed by atoms with Gasteiger partial charge in [-0.15, -0.1) is 0 Å². The number of carbonyl (C=O) groups excluding carboxylic acids is 3. The van der Waals surface area contributed by atoms with Crippen LogP contribution in [0.3, 0.4) is 0 Å². The first-order valence-corrected chi connectivity index (χ1v) is 13.9. The molecule has 40 heavy (non-hydrogen) atoms. The van der Waals surface area contributed by atoms with Crippen LogP contribution in [0.2, 0.25) is 5.02 Å². The highest BCUT2D eigenvalue weighted by atomic mass is 35.5. The van der Waals surface area contributed by atoms with E-state index in [1.807, 2.05) is 0 Å². The van der Waals surface area contributed by atoms with E-state index in [-0.39, 0.29) is 18.8 Å². The summed E-state index contributed by atoms with van der Waals surface area (Å²) in [6.07, 6.45) is 0. The van der Waals surface area contributed by atoms with E-state index in [0.29, 0.717) is 47.8 Å². The molecule has 2 fully saturated rings. The van der Waals surface area contributed by atoms with Crippen molar-refractivity contribution in [3.8, 4) is 11.5 Å². The number of sulfonamides is 1. The van der Waals surface area contributed by atoms with Gasteiger partial charge in [-0.3, -0.25) is 19.8 Å². The van der Waals surface area contributed by atoms with Gasteiger partial charge < -0.3 is 20.1 Å². The standard InChI is InChI=1S/C24H26ClF2N5O7S/c25-15-1-3-16(4-2-15)39-22-18(26)11-17(12-19(22)27)40(36,37)32-6-5-31(13-20(32)23(28)34)24(35)29-21(33)14-30-7-9-38-10-8-30/h1-4,11-12,20H,5-10,13-14H2,(H2,28,34)(H,29,33,35)/t20-/m1/s1. The second-order valence-corrected chi connectivity index (χ2v) is 11.3. The molecule has 2 aromatic rings. The molecule has 0 spiro atoms. The number of nitrogens with two attached hydrogens (primary N) is 1. The number of halogens is 3. The fourth-order valence-corrected chi connectivity index (χ4v) is 5.94. The first kappa shape index (κ1) is 29.6. The summed E-state index contributed by atoms with van der Waals surface area (Å²) in [5.74, 6) is -5.06. The number of benzene rings is 2. The largest absolute Gasteiger partial charge is 0.451 e. The van der Waals surface area contributed by atoms with Crippen LogP contribution in [0.4, 0.5) is 13.6 Å². The number of imide groups is 1. The summed E-state index contributed by atoms with van der Waals surface area (Å²) in [5, 5.41) is 2.58. The highest BCUT2D eigenvalue weighted by molar-refractivity contribution is 7.89. The van der Waals surface area contributed by atoms with Gasteiger partial charge in [-0.25, -0.2) is 22.0 Å². The van der Waals surface area contributed by atoms with Gasteiger partial charge in [-0.2, -0.15) is 4.31 Å². The van der Waals surface area contributed by atoms with Crippen molar-refractivity contribution in [2.24, 2.45) is 5.73 Å². The number of nitrogens with zero attached hydrogens (tertiary/aromatic N) is 3. The summed E-state index contributed by atoms with van der Waals surface area (Å²) in [7, 11) is -4.65. The van der Waals surface area contributed by atoms with E-state index in [4.69, 9.17) is 26.8 Å². The Labute approximate surface area is 233 Å². The van der Waals surface area contributed by atoms with E-state index in [1.165, 1.54) is 24.3 Å². The second-order valence-electron chi connectivity index (χ2n) is 8.99. The fraction of sp³-hybridized carbons (Fsp3) is 0.375. The van der Waals surface area contributed by atoms with Crippen molar-refractivity contribution in [1.82, 2.24) is 19.4 Å². The fourth-order valence-electron chi connectivity index (χ4n) is 4.21. The molecule has 2 aliphatic heterocycles. The molecule has 2 aromatic carbocycles. The van der Waals surface area contributed by atoms with Crippen molar-refractivity contribution in [3.63, 3.8) is 0 Å². The number of rotatable bonds is 7. The van der Waals surface area contributed by atoms with Crippen molar-refractivity contribution in [2.75, 3.05) is 52.5 Å². The number of piperazine rings is 1. The van der Waals surface area contributed by atoms with Gasteiger partial charge in [0.1, 0.15) is 11.8 Å². The average Bonchev–Trinajstić information content (AvgIpc) is 2.91. The number of carbonyl (C=O) groups is 3. The minimum atomic E-state index is -4.65. The third kappa shape index (κ3) is 6.85. The summed E-state index contributed by atoms with van der Waals surface area (Å²) >= 11 is 5.79. The van der Waals surface area contributed by atoms with E-state index >= 15 is 0 Å². The Morgan fingerprint density at radius 3 is 2.27 bits per heavy atom. The number of primary amides is 1. The lowest BCUT2D eigenvalue weighted by Gasteiger charge is -2.38. The lowest BCUT2D eigenvalue weighted by Crippen LogP contribution is -2.62. The summed E-state index contributed by atoms with van der Waals surface area (Å²) < 4.78 is 67.4. The Kier molecular flexibility index (Phi) is 9.20. The van der Waals surface area contributed by atoms with E-state index in [0.717, 1.165) is 4.90 Å². The van der Waals surface area contributed by atoms with Gasteiger partial charge in [0.25, 0.3) is 0 Å². The van der Waals surface area contributed by atoms with E-state index in [2.05, 4.69) is 5.32 Å². The van der Waals surface area contributed by atoms with Crippen LogP contribution in [0.1, 0.15) is 0 Å². The topological polar surface area (TPSA) is 152 Å². The lowest BCUT2D eigenvalue weighted by atomic mass is 10.2. The van der Waals surface area contributed by atoms with Gasteiger partial charge >= 0.3 is 6.03 Å². The van der Waals surface area contributed by atoms with Crippen molar-refractivity contribution in [3.05, 3.63) is 53.1 Å². The summed E-state index contributed by atoms with van der Waals surface area (Å²) in [5.41, 5.74) is 5.43. The number of ether oxygens (including phenoxy) is 2. The predicted molar refractivity (Wildman–Crippen MR) is 137 cm³/mol. The number of hydrogen-bond acceptors (Lipinski definition) is 8. The monoisotopic (exact) mass is 601 g/mol. The maximum Gasteiger partial charge on any atom is 0.324 e. The van der Waals surface area contributed by atoms with Crippen molar-refractivity contribution >= 4 is 39.5 Å². The molecule has 0 aromatic heterocycles. The number of amides is 4. The Morgan fingerprint density at radius 1 is 1.05 bits per heavy atom. The van der Waals surface area contributed by atoms with Crippen molar-refractivity contribution in [1.29, 1.82) is 0 Å². The number of urea groups is 1. The molecular formula is C24H26ClF2N5O7S. The van der Waals surface area contributed by atoms with Crippen LogP contribution in [-0.2, 0) is 24.3 Å². The molecule has 0 saturated carbocycles. The zero-order chi connectivity index (χ0) is 29.0. The number of morpholine rings is 1. The van der Waals surface area contributed by atoms with Gasteiger partial charge in [0.2, 0.25) is 21.8 Å². The van der Waals surface area contributed by atoms with Crippen LogP contribution in [0.5, 0.6) is 11.5 Å². The summed E-state index contributed by atoms with van der Waals surface area (Å²) in [4.78, 5) is 39.2. The highest BCUT2D eigenvalue weighted by Gasteiger charge is 2.41. The maximum atomic E-state index is 14.8. The van der Waals surface area contributed by atoms with Gasteiger partial charge in [0, 0.05) is 37.7 Å². The molecule has 0 aliphatic carbocycles. The average molecular weight is 602 g/mol. The maximum absolute atomic E-state index is 14.8. The van der Waals surface area contributed by atoms with E-state index < -0.39 is 69.3 Å². The molecular weight excluding hydrogens is 576 g/mol. The second kappa shape index (κ2) is 12.4. The normalized spacial score (nSPS) is 18.8. The van der Waals surface area contributed by atoms with Crippen LogP contribution in [0.15, 0.2) is 41.3 Å². The molecule has 12 nitrogen and oxygen atoms in total. The first-order chi connectivity index (χ1) is 19.0. The molecule has 3 N–H and O–H groups in total. The smallest absolute Gasteiger partial charge is 0.324 e. The lowest BCUT2D eigenvalue weighted by molar-refractivity contribution is -0.122. The van der Waals surface area contributed by atoms with Gasteiger partial charge in [-0.1, -0.05) is 11.6 Å². The van der Waals surface area contributed by atoms with Crippen molar-refractivity contribution in [2.45, 2.75) is 10.9 Å². The third-order valence-corrected chi connectivity index (χ3v) is 8.41. The Balaban J connectivity index is 1.46. The molecule has 0 radical (unpaired) electrons. The Morgan fingerprint density at radius 2 is 1.68 bits per heavy atom. The highest BCUT2D eigenvalue weighted by Crippen LogP contribution is 2.32. The SMILES string of the molecule is NC(=O)[C@H]1CN(C(=O)NC(=O)CN2CCOCC2)CCN1S(=O)(=O)c1cc(F)c(Oc2ccc(Cl)cc2)c(F)c1. The molecule has 2 saturated heterocycles. The molecule has 1 atom stereocenters. The van der Waals surface area contributed by atoms with E-state index in [1.54, 1.807) is 4.90 Å². The molecule has 2 aliphatic rings. The van der Waals surface area contributed by atoms with Crippen LogP contribution in [0.25, 0.3) is 0 Å². The van der Waals surface area contributed by atoms with Crippen LogP contribution in [0, 0.1) is 11.6 Å². The van der Waals surface area contributed by atoms with Gasteiger partial charge in [0.15, 0.2) is 17.4 Å².